The van der Waals surface area contributed by atoms with Gasteiger partial charge < -0.3 is 23.7 Å². The van der Waals surface area contributed by atoms with Crippen molar-refractivity contribution < 1.29 is 4.74 Å². The van der Waals surface area contributed by atoms with Crippen molar-refractivity contribution in [3.63, 3.8) is 0 Å². The monoisotopic (exact) mass is 1610 g/mol. The van der Waals surface area contributed by atoms with Crippen LogP contribution in [0, 0.1) is 0 Å². The van der Waals surface area contributed by atoms with Gasteiger partial charge in [0.15, 0.2) is 0 Å². The van der Waals surface area contributed by atoms with Gasteiger partial charge in [0.2, 0.25) is 0 Å². The minimum absolute atomic E-state index is 0.0766. The molecule has 0 atom stereocenters. The average Bonchev–Trinajstić information content (AvgIpc) is 1.66. The number of nitrogens with zero attached hydrogens (tertiary/aromatic N) is 4. The first-order valence-corrected chi connectivity index (χ1v) is 44.4. The summed E-state index contributed by atoms with van der Waals surface area (Å²) < 4.78 is 12.7. The first kappa shape index (κ1) is 75.7. The molecule has 1 spiro atoms. The van der Waals surface area contributed by atoms with Crippen molar-refractivity contribution in [1.82, 2.24) is 9.13 Å². The van der Waals surface area contributed by atoms with Crippen LogP contribution in [-0.4, -0.2) is 15.8 Å². The van der Waals surface area contributed by atoms with Gasteiger partial charge in [0.25, 0.3) is 6.71 Å². The number of benzene rings is 17. The Morgan fingerprint density at radius 1 is 0.240 bits per heavy atom. The lowest BCUT2D eigenvalue weighted by atomic mass is 9.33. The van der Waals surface area contributed by atoms with Crippen molar-refractivity contribution in [3.8, 4) is 89.6 Å². The highest BCUT2D eigenvalue weighted by Gasteiger charge is 2.52. The third-order valence-corrected chi connectivity index (χ3v) is 27.6. The van der Waals surface area contributed by atoms with Gasteiger partial charge in [-0.3, -0.25) is 0 Å². The molecule has 17 aromatic carbocycles. The topological polar surface area (TPSA) is 25.6 Å². The Balaban J connectivity index is 0.905. The van der Waals surface area contributed by atoms with Crippen molar-refractivity contribution in [1.29, 1.82) is 0 Å². The van der Waals surface area contributed by atoms with Crippen molar-refractivity contribution in [2.75, 3.05) is 9.80 Å². The Hall–Kier alpha value is -14.2. The molecule has 0 bridgehead atoms. The molecule has 3 aliphatic heterocycles. The van der Waals surface area contributed by atoms with Crippen molar-refractivity contribution in [3.05, 3.63) is 415 Å². The molecule has 0 fully saturated rings. The summed E-state index contributed by atoms with van der Waals surface area (Å²) in [7, 11) is 0. The Morgan fingerprint density at radius 2 is 0.600 bits per heavy atom. The van der Waals surface area contributed by atoms with E-state index in [1.807, 2.05) is 0 Å². The normalized spacial score (nSPS) is 13.7. The molecule has 0 radical (unpaired) electrons. The van der Waals surface area contributed by atoms with Gasteiger partial charge in [-0.1, -0.05) is 344 Å². The van der Waals surface area contributed by atoms with Gasteiger partial charge in [0, 0.05) is 89.0 Å². The summed E-state index contributed by atoms with van der Waals surface area (Å²) in [5.74, 6) is 1.67. The smallest absolute Gasteiger partial charge is 0.252 e. The van der Waals surface area contributed by atoms with Gasteiger partial charge in [0.1, 0.15) is 11.5 Å². The van der Waals surface area contributed by atoms with Crippen LogP contribution in [0.5, 0.6) is 11.5 Å². The van der Waals surface area contributed by atoms with E-state index in [4.69, 9.17) is 4.74 Å². The second kappa shape index (κ2) is 27.9. The molecular formula is C119H97BN4O. The fourth-order valence-corrected chi connectivity index (χ4v) is 21.3. The number of hydrogen-bond donors (Lipinski definition) is 0. The van der Waals surface area contributed by atoms with E-state index in [1.54, 1.807) is 0 Å². The molecule has 5 nitrogen and oxygen atoms in total. The second-order valence-corrected chi connectivity index (χ2v) is 39.1. The van der Waals surface area contributed by atoms with Crippen LogP contribution in [-0.2, 0) is 27.1 Å². The Labute approximate surface area is 733 Å². The molecule has 125 heavy (non-hydrogen) atoms. The number of fused-ring (bicyclic) bond motifs is 19. The van der Waals surface area contributed by atoms with Gasteiger partial charge >= 0.3 is 0 Å². The standard InChI is InChI=1S/C119H97BN4O/c1-115(2,3)80-54-61-104-94(66-80)88-45-27-32-50-102(88)121(104)84-56-59-100-106(72-84)123(113-90(74-35-17-13-18-36-74)68-82(117(7,8)9)69-91(113)75-37-19-14-20-38-75)108-63-79(78-53-58-99-111(65-78)125-110-52-34-31-49-98(110)119(99)96-47-29-25-43-86(96)87-44-26-30-48-97(87)119)64-109-112(108)120(100)101-60-57-85(122-103-51-33-28-46-89(103)95-67-81(116(4,5)6)55-62-105(95)122)73-107(101)124(109)114-92(76-39-21-15-22-40-76)70-83(118(10,11)12)71-93(114)77-41-23-16-24-42-77/h13-73H,1-12H3. The molecule has 23 rings (SSSR count). The van der Waals surface area contributed by atoms with Crippen LogP contribution in [0.2, 0.25) is 0 Å². The minimum Gasteiger partial charge on any atom is -0.457 e. The maximum Gasteiger partial charge on any atom is 0.252 e. The number of aromatic nitrogens is 2. The largest absolute Gasteiger partial charge is 0.457 e. The van der Waals surface area contributed by atoms with E-state index in [-0.39, 0.29) is 28.4 Å². The average molecular weight is 1610 g/mol. The maximum absolute atomic E-state index is 7.60. The van der Waals surface area contributed by atoms with Crippen molar-refractivity contribution in [2.45, 2.75) is 110 Å². The Morgan fingerprint density at radius 3 is 1.02 bits per heavy atom. The lowest BCUT2D eigenvalue weighted by Gasteiger charge is -2.46. The van der Waals surface area contributed by atoms with Crippen molar-refractivity contribution >= 4 is 101 Å². The number of hydrogen-bond acceptors (Lipinski definition) is 3. The van der Waals surface area contributed by atoms with Gasteiger partial charge in [0.05, 0.1) is 38.9 Å². The molecule has 5 heterocycles. The van der Waals surface area contributed by atoms with E-state index in [0.29, 0.717) is 0 Å². The van der Waals surface area contributed by atoms with Crippen LogP contribution >= 0.6 is 0 Å². The number of para-hydroxylation sites is 3. The third-order valence-electron chi connectivity index (χ3n) is 27.6. The first-order valence-electron chi connectivity index (χ1n) is 44.4. The molecule has 0 amide bonds. The van der Waals surface area contributed by atoms with Crippen LogP contribution in [0.3, 0.4) is 0 Å². The first-order chi connectivity index (χ1) is 60.5. The quantitative estimate of drug-likeness (QED) is 0.135. The highest BCUT2D eigenvalue weighted by molar-refractivity contribution is 7.00. The van der Waals surface area contributed by atoms with Crippen LogP contribution < -0.4 is 30.9 Å². The molecule has 0 unspecified atom stereocenters. The zero-order valence-corrected chi connectivity index (χ0v) is 73.0. The molecule has 0 saturated heterocycles. The summed E-state index contributed by atoms with van der Waals surface area (Å²) in [6, 6.07) is 142. The lowest BCUT2D eigenvalue weighted by Crippen LogP contribution is -2.61. The fourth-order valence-electron chi connectivity index (χ4n) is 21.3. The molecular weight excluding hydrogens is 1510 g/mol. The zero-order valence-electron chi connectivity index (χ0n) is 73.0. The number of rotatable bonds is 9. The number of ether oxygens (including phenoxy) is 1. The number of anilines is 6. The molecule has 6 heteroatoms. The van der Waals surface area contributed by atoms with Gasteiger partial charge in [-0.25, -0.2) is 0 Å². The second-order valence-electron chi connectivity index (χ2n) is 39.1. The maximum atomic E-state index is 7.60. The van der Waals surface area contributed by atoms with E-state index >= 15 is 0 Å². The SMILES string of the molecule is CC(C)(C)c1cc(-c2ccccc2)c(N2c3cc(-n4c5ccccc5c5cc(C(C)(C)C)ccc54)ccc3B3c4ccc(-n5c6ccccc6c6cc(C(C)(C)C)ccc65)cc4N(c4c(-c5ccccc5)cc(C(C)(C)C)cc4-c4ccccc4)c4cc(-c5ccc6c(c5)Oc5ccccc5C65c6ccccc6-c6ccccc65)cc2c43)c(-c2ccccc2)c1. The summed E-state index contributed by atoms with van der Waals surface area (Å²) in [4.78, 5) is 5.49. The van der Waals surface area contributed by atoms with Crippen molar-refractivity contribution in [2.24, 2.45) is 0 Å². The minimum atomic E-state index is -0.681. The molecule has 602 valence electrons. The predicted octanol–water partition coefficient (Wildman–Crippen LogP) is 30.0. The predicted molar refractivity (Wildman–Crippen MR) is 529 cm³/mol. The molecule has 0 N–H and O–H groups in total. The van der Waals surface area contributed by atoms with E-state index in [9.17, 15) is 0 Å². The molecule has 4 aliphatic rings. The molecule has 1 aliphatic carbocycles. The van der Waals surface area contributed by atoms with E-state index < -0.39 is 5.41 Å². The summed E-state index contributed by atoms with van der Waals surface area (Å²) in [6.45, 7) is 27.8. The van der Waals surface area contributed by atoms with E-state index in [1.165, 1.54) is 82.4 Å². The van der Waals surface area contributed by atoms with Crippen LogP contribution in [0.4, 0.5) is 34.1 Å². The van der Waals surface area contributed by atoms with Crippen LogP contribution in [0.25, 0.3) is 122 Å². The fraction of sp³-hybridized carbons (Fsp3) is 0.143. The highest BCUT2D eigenvalue weighted by atomic mass is 16.5. The van der Waals surface area contributed by atoms with Crippen LogP contribution in [0.15, 0.2) is 370 Å². The van der Waals surface area contributed by atoms with Gasteiger partial charge in [-0.05, 0) is 225 Å². The Kier molecular flexibility index (Phi) is 16.9. The Bertz CT molecular complexity index is 7150. The molecule has 2 aromatic heterocycles. The highest BCUT2D eigenvalue weighted by Crippen LogP contribution is 2.64. The zero-order chi connectivity index (χ0) is 84.9. The van der Waals surface area contributed by atoms with Gasteiger partial charge in [-0.2, -0.15) is 0 Å². The summed E-state index contributed by atoms with van der Waals surface area (Å²) in [5.41, 5.74) is 39.0. The lowest BCUT2D eigenvalue weighted by molar-refractivity contribution is 0.436. The van der Waals surface area contributed by atoms with Crippen LogP contribution in [0.1, 0.15) is 128 Å². The summed E-state index contributed by atoms with van der Waals surface area (Å²) in [6.07, 6.45) is 0. The summed E-state index contributed by atoms with van der Waals surface area (Å²) >= 11 is 0. The molecule has 19 aromatic rings. The van der Waals surface area contributed by atoms with Gasteiger partial charge in [-0.15, -0.1) is 0 Å². The molecule has 0 saturated carbocycles. The third kappa shape index (κ3) is 11.7. The summed E-state index contributed by atoms with van der Waals surface area (Å²) in [5, 5.41) is 4.91. The van der Waals surface area contributed by atoms with E-state index in [0.717, 1.165) is 146 Å². The van der Waals surface area contributed by atoms with E-state index in [2.05, 4.69) is 472 Å².